The highest BCUT2D eigenvalue weighted by molar-refractivity contribution is 5.20. The maximum Gasteiger partial charge on any atom is 0.436 e. The van der Waals surface area contributed by atoms with Gasteiger partial charge in [0.25, 0.3) is 0 Å². The maximum absolute atomic E-state index is 12.9. The molecule has 15 heavy (non-hydrogen) atoms. The third-order valence-electron chi connectivity index (χ3n) is 1.88. The monoisotopic (exact) mass is 221 g/mol. The molecule has 0 saturated heterocycles. The third-order valence-corrected chi connectivity index (χ3v) is 1.88. The number of nitrogens with zero attached hydrogens (tertiary/aromatic N) is 1. The highest BCUT2D eigenvalue weighted by Crippen LogP contribution is 2.31. The molecule has 1 rings (SSSR count). The fraction of sp³-hybridized carbons (Fsp3) is 0.500. The summed E-state index contributed by atoms with van der Waals surface area (Å²) in [5, 5.41) is 0. The number of rotatable bonds is 0. The van der Waals surface area contributed by atoms with Crippen molar-refractivity contribution in [3.63, 3.8) is 0 Å². The molecule has 1 nitrogen and oxygen atoms in total. The third kappa shape index (κ3) is 2.67. The topological polar surface area (TPSA) is 12.9 Å². The number of hydrogen-bond donors (Lipinski definition) is 0. The van der Waals surface area contributed by atoms with Crippen molar-refractivity contribution >= 4 is 0 Å². The van der Waals surface area contributed by atoms with E-state index in [-0.39, 0.29) is 5.69 Å². The van der Waals surface area contributed by atoms with Gasteiger partial charge in [0, 0.05) is 11.1 Å². The summed E-state index contributed by atoms with van der Waals surface area (Å²) >= 11 is 0. The Morgan fingerprint density at radius 3 is 2.00 bits per heavy atom. The second-order valence-electron chi connectivity index (χ2n) is 4.27. The van der Waals surface area contributed by atoms with E-state index < -0.39 is 23.1 Å². The normalized spacial score (nSPS) is 13.0. The zero-order valence-electron chi connectivity index (χ0n) is 8.61. The molecule has 0 radical (unpaired) electrons. The van der Waals surface area contributed by atoms with Crippen molar-refractivity contribution in [2.45, 2.75) is 32.4 Å². The molecule has 0 aliphatic heterocycles. The molecule has 0 aliphatic rings. The summed E-state index contributed by atoms with van der Waals surface area (Å²) in [6.07, 6.45) is -4.74. The Labute approximate surface area is 85.1 Å². The average Bonchev–Trinajstić information content (AvgIpc) is 2.00. The highest BCUT2D eigenvalue weighted by Gasteiger charge is 2.37. The number of halogens is 4. The minimum Gasteiger partial charge on any atom is -0.245 e. The summed E-state index contributed by atoms with van der Waals surface area (Å²) in [5.41, 5.74) is -1.76. The van der Waals surface area contributed by atoms with Crippen LogP contribution >= 0.6 is 0 Å². The van der Waals surface area contributed by atoms with Gasteiger partial charge in [0.15, 0.2) is 11.5 Å². The van der Waals surface area contributed by atoms with E-state index in [0.717, 1.165) is 6.07 Å². The van der Waals surface area contributed by atoms with E-state index in [2.05, 4.69) is 4.98 Å². The average molecular weight is 221 g/mol. The van der Waals surface area contributed by atoms with Gasteiger partial charge in [-0.15, -0.1) is 0 Å². The minimum absolute atomic E-state index is 0.219. The van der Waals surface area contributed by atoms with E-state index in [1.807, 2.05) is 0 Å². The van der Waals surface area contributed by atoms with Gasteiger partial charge < -0.3 is 0 Å². The van der Waals surface area contributed by atoms with Crippen LogP contribution in [0, 0.1) is 5.82 Å². The van der Waals surface area contributed by atoms with Crippen molar-refractivity contribution in [3.8, 4) is 0 Å². The number of hydrogen-bond acceptors (Lipinski definition) is 1. The Hall–Kier alpha value is -1.13. The van der Waals surface area contributed by atoms with Gasteiger partial charge in [-0.05, 0) is 12.1 Å². The molecule has 0 bridgehead atoms. The fourth-order valence-electron chi connectivity index (χ4n) is 1.06. The zero-order chi connectivity index (χ0) is 11.9. The SMILES string of the molecule is CC(C)(C)c1ccc(F)c(C(F)(F)F)n1. The van der Waals surface area contributed by atoms with Crippen LogP contribution in [0.15, 0.2) is 12.1 Å². The molecule has 0 saturated carbocycles. The molecule has 5 heteroatoms. The van der Waals surface area contributed by atoms with Gasteiger partial charge in [-0.3, -0.25) is 0 Å². The molecule has 0 atom stereocenters. The van der Waals surface area contributed by atoms with Crippen LogP contribution in [-0.4, -0.2) is 4.98 Å². The van der Waals surface area contributed by atoms with Crippen molar-refractivity contribution in [3.05, 3.63) is 29.3 Å². The van der Waals surface area contributed by atoms with Crippen LogP contribution in [0.1, 0.15) is 32.2 Å². The van der Waals surface area contributed by atoms with Crippen molar-refractivity contribution < 1.29 is 17.6 Å². The van der Waals surface area contributed by atoms with E-state index in [9.17, 15) is 17.6 Å². The second-order valence-corrected chi connectivity index (χ2v) is 4.27. The van der Waals surface area contributed by atoms with E-state index in [1.54, 1.807) is 20.8 Å². The van der Waals surface area contributed by atoms with E-state index in [4.69, 9.17) is 0 Å². The van der Waals surface area contributed by atoms with Gasteiger partial charge >= 0.3 is 6.18 Å². The first-order valence-corrected chi connectivity index (χ1v) is 4.36. The number of aromatic nitrogens is 1. The lowest BCUT2D eigenvalue weighted by Crippen LogP contribution is -2.19. The highest BCUT2D eigenvalue weighted by atomic mass is 19.4. The summed E-state index contributed by atoms with van der Waals surface area (Å²) in [5.74, 6) is -1.34. The van der Waals surface area contributed by atoms with Crippen LogP contribution in [0.5, 0.6) is 0 Å². The van der Waals surface area contributed by atoms with Gasteiger partial charge in [0.05, 0.1) is 0 Å². The van der Waals surface area contributed by atoms with Crippen LogP contribution in [0.4, 0.5) is 17.6 Å². The molecule has 0 amide bonds. The van der Waals surface area contributed by atoms with Gasteiger partial charge in [-0.2, -0.15) is 13.2 Å². The quantitative estimate of drug-likeness (QED) is 0.610. The van der Waals surface area contributed by atoms with E-state index in [0.29, 0.717) is 0 Å². The smallest absolute Gasteiger partial charge is 0.245 e. The van der Waals surface area contributed by atoms with E-state index >= 15 is 0 Å². The second kappa shape index (κ2) is 3.47. The number of pyridine rings is 1. The van der Waals surface area contributed by atoms with Crippen molar-refractivity contribution in [2.24, 2.45) is 0 Å². The zero-order valence-corrected chi connectivity index (χ0v) is 8.61. The Morgan fingerprint density at radius 1 is 1.07 bits per heavy atom. The predicted octanol–water partition coefficient (Wildman–Crippen LogP) is 3.54. The molecule has 1 aromatic heterocycles. The molecule has 0 unspecified atom stereocenters. The van der Waals surface area contributed by atoms with Crippen LogP contribution in [0.25, 0.3) is 0 Å². The number of alkyl halides is 3. The summed E-state index contributed by atoms with van der Waals surface area (Å²) < 4.78 is 49.8. The lowest BCUT2D eigenvalue weighted by Gasteiger charge is -2.19. The maximum atomic E-state index is 12.9. The summed E-state index contributed by atoms with van der Waals surface area (Å²) in [4.78, 5) is 3.31. The van der Waals surface area contributed by atoms with Crippen molar-refractivity contribution in [1.82, 2.24) is 4.98 Å². The van der Waals surface area contributed by atoms with Crippen LogP contribution in [0.3, 0.4) is 0 Å². The van der Waals surface area contributed by atoms with Gasteiger partial charge in [0.1, 0.15) is 0 Å². The Bertz CT molecular complexity index is 363. The molecular weight excluding hydrogens is 210 g/mol. The molecule has 0 spiro atoms. The minimum atomic E-state index is -4.74. The molecule has 1 aromatic rings. The standard InChI is InChI=1S/C10H11F4N/c1-9(2,3)7-5-4-6(11)8(15-7)10(12,13)14/h4-5H,1-3H3. The van der Waals surface area contributed by atoms with Crippen molar-refractivity contribution in [1.29, 1.82) is 0 Å². The molecule has 0 aliphatic carbocycles. The molecular formula is C10H11F4N. The van der Waals surface area contributed by atoms with E-state index in [1.165, 1.54) is 6.07 Å². The lowest BCUT2D eigenvalue weighted by atomic mass is 9.91. The van der Waals surface area contributed by atoms with Crippen LogP contribution in [0.2, 0.25) is 0 Å². The molecule has 0 N–H and O–H groups in total. The first kappa shape index (κ1) is 11.9. The Balaban J connectivity index is 3.30. The molecule has 0 aromatic carbocycles. The summed E-state index contributed by atoms with van der Waals surface area (Å²) in [6, 6.07) is 2.07. The van der Waals surface area contributed by atoms with Gasteiger partial charge in [0.2, 0.25) is 0 Å². The first-order valence-electron chi connectivity index (χ1n) is 4.36. The largest absolute Gasteiger partial charge is 0.436 e. The summed E-state index contributed by atoms with van der Waals surface area (Å²) in [7, 11) is 0. The predicted molar refractivity (Wildman–Crippen MR) is 47.9 cm³/mol. The van der Waals surface area contributed by atoms with Gasteiger partial charge in [-0.25, -0.2) is 9.37 Å². The van der Waals surface area contributed by atoms with Crippen molar-refractivity contribution in [2.75, 3.05) is 0 Å². The first-order chi connectivity index (χ1) is 6.62. The van der Waals surface area contributed by atoms with Crippen LogP contribution < -0.4 is 0 Å². The molecule has 1 heterocycles. The summed E-state index contributed by atoms with van der Waals surface area (Å²) in [6.45, 7) is 5.15. The molecule has 0 fully saturated rings. The molecule has 84 valence electrons. The Kier molecular flexibility index (Phi) is 2.76. The fourth-order valence-corrected chi connectivity index (χ4v) is 1.06. The Morgan fingerprint density at radius 2 is 1.60 bits per heavy atom. The van der Waals surface area contributed by atoms with Crippen LogP contribution in [-0.2, 0) is 11.6 Å². The lowest BCUT2D eigenvalue weighted by molar-refractivity contribution is -0.143. The van der Waals surface area contributed by atoms with Gasteiger partial charge in [-0.1, -0.05) is 20.8 Å².